The summed E-state index contributed by atoms with van der Waals surface area (Å²) in [6, 6.07) is 8.98. The van der Waals surface area contributed by atoms with Gasteiger partial charge in [0, 0.05) is 30.6 Å². The minimum absolute atomic E-state index is 0.0395. The standard InChI is InChI=1S/C16H19FN2O3S2/c1-3-15-7-8-16(23-15)24(21,22)18-9-10-19(12(2)20)14-6-4-5-13(17)11-14/h4-8,11,18H,3,9-10H2,1-2H3. The summed E-state index contributed by atoms with van der Waals surface area (Å²) in [6.45, 7) is 3.47. The third-order valence-corrected chi connectivity index (χ3v) is 6.56. The van der Waals surface area contributed by atoms with Gasteiger partial charge in [-0.15, -0.1) is 11.3 Å². The smallest absolute Gasteiger partial charge is 0.250 e. The Labute approximate surface area is 145 Å². The van der Waals surface area contributed by atoms with Gasteiger partial charge in [-0.05, 0) is 36.8 Å². The topological polar surface area (TPSA) is 66.5 Å². The Morgan fingerprint density at radius 1 is 1.29 bits per heavy atom. The van der Waals surface area contributed by atoms with Gasteiger partial charge >= 0.3 is 0 Å². The summed E-state index contributed by atoms with van der Waals surface area (Å²) >= 11 is 1.22. The number of sulfonamides is 1. The predicted molar refractivity (Wildman–Crippen MR) is 93.3 cm³/mol. The molecule has 8 heteroatoms. The molecule has 0 bridgehead atoms. The van der Waals surface area contributed by atoms with Crippen molar-refractivity contribution in [2.75, 3.05) is 18.0 Å². The lowest BCUT2D eigenvalue weighted by Gasteiger charge is -2.21. The Hall–Kier alpha value is -1.77. The molecule has 130 valence electrons. The first kappa shape index (κ1) is 18.6. The van der Waals surface area contributed by atoms with Crippen LogP contribution in [-0.2, 0) is 21.2 Å². The highest BCUT2D eigenvalue weighted by atomic mass is 32.2. The summed E-state index contributed by atoms with van der Waals surface area (Å²) in [4.78, 5) is 14.1. The van der Waals surface area contributed by atoms with Crippen molar-refractivity contribution in [1.82, 2.24) is 4.72 Å². The van der Waals surface area contributed by atoms with E-state index < -0.39 is 15.8 Å². The molecule has 5 nitrogen and oxygen atoms in total. The third kappa shape index (κ3) is 4.62. The number of hydrogen-bond acceptors (Lipinski definition) is 4. The second-order valence-corrected chi connectivity index (χ2v) is 8.28. The van der Waals surface area contributed by atoms with E-state index in [1.54, 1.807) is 18.2 Å². The van der Waals surface area contributed by atoms with Gasteiger partial charge in [0.2, 0.25) is 15.9 Å². The molecule has 1 amide bonds. The molecule has 1 N–H and O–H groups in total. The van der Waals surface area contributed by atoms with E-state index in [0.717, 1.165) is 11.3 Å². The summed E-state index contributed by atoms with van der Waals surface area (Å²) in [6.07, 6.45) is 0.776. The third-order valence-electron chi connectivity index (χ3n) is 3.38. The minimum atomic E-state index is -3.60. The number of rotatable bonds is 7. The lowest BCUT2D eigenvalue weighted by atomic mass is 10.2. The van der Waals surface area contributed by atoms with Crippen LogP contribution in [0.3, 0.4) is 0 Å². The molecule has 0 unspecified atom stereocenters. The van der Waals surface area contributed by atoms with Crippen LogP contribution in [-0.4, -0.2) is 27.4 Å². The van der Waals surface area contributed by atoms with Crippen LogP contribution in [0.2, 0.25) is 0 Å². The molecule has 1 aromatic heterocycles. The van der Waals surface area contributed by atoms with E-state index in [2.05, 4.69) is 4.72 Å². The molecule has 0 radical (unpaired) electrons. The summed E-state index contributed by atoms with van der Waals surface area (Å²) in [5.74, 6) is -0.741. The largest absolute Gasteiger partial charge is 0.311 e. The average molecular weight is 370 g/mol. The van der Waals surface area contributed by atoms with Gasteiger partial charge < -0.3 is 4.90 Å². The number of nitrogens with one attached hydrogen (secondary N) is 1. The first-order valence-electron chi connectivity index (χ1n) is 7.45. The zero-order valence-electron chi connectivity index (χ0n) is 13.5. The molecule has 0 saturated heterocycles. The van der Waals surface area contributed by atoms with E-state index >= 15 is 0 Å². The lowest BCUT2D eigenvalue weighted by molar-refractivity contribution is -0.116. The van der Waals surface area contributed by atoms with E-state index in [1.165, 1.54) is 41.4 Å². The molecule has 0 atom stereocenters. The average Bonchev–Trinajstić information content (AvgIpc) is 3.01. The number of amides is 1. The van der Waals surface area contributed by atoms with Crippen molar-refractivity contribution in [3.8, 4) is 0 Å². The first-order valence-corrected chi connectivity index (χ1v) is 9.75. The van der Waals surface area contributed by atoms with E-state index in [4.69, 9.17) is 0 Å². The lowest BCUT2D eigenvalue weighted by Crippen LogP contribution is -2.37. The molecule has 0 aliphatic heterocycles. The number of aryl methyl sites for hydroxylation is 1. The number of carbonyl (C=O) groups is 1. The fraction of sp³-hybridized carbons (Fsp3) is 0.312. The van der Waals surface area contributed by atoms with Crippen molar-refractivity contribution < 1.29 is 17.6 Å². The number of benzene rings is 1. The van der Waals surface area contributed by atoms with Gasteiger partial charge in [-0.2, -0.15) is 0 Å². The van der Waals surface area contributed by atoms with Crippen LogP contribution in [0.1, 0.15) is 18.7 Å². The summed E-state index contributed by atoms with van der Waals surface area (Å²) in [5, 5.41) is 0. The van der Waals surface area contributed by atoms with Crippen LogP contribution in [0.4, 0.5) is 10.1 Å². The molecule has 0 saturated carbocycles. The number of thiophene rings is 1. The number of halogens is 1. The van der Waals surface area contributed by atoms with Crippen molar-refractivity contribution in [2.45, 2.75) is 24.5 Å². The Morgan fingerprint density at radius 3 is 2.62 bits per heavy atom. The fourth-order valence-electron chi connectivity index (χ4n) is 2.17. The van der Waals surface area contributed by atoms with Crippen molar-refractivity contribution in [3.63, 3.8) is 0 Å². The highest BCUT2D eigenvalue weighted by Gasteiger charge is 2.18. The van der Waals surface area contributed by atoms with Crippen LogP contribution < -0.4 is 9.62 Å². The highest BCUT2D eigenvalue weighted by molar-refractivity contribution is 7.91. The molecule has 1 heterocycles. The molecule has 2 rings (SSSR count). The van der Waals surface area contributed by atoms with E-state index in [0.29, 0.717) is 5.69 Å². The van der Waals surface area contributed by atoms with Crippen LogP contribution in [0.25, 0.3) is 0 Å². The highest BCUT2D eigenvalue weighted by Crippen LogP contribution is 2.21. The Bertz CT molecular complexity index is 818. The van der Waals surface area contributed by atoms with Gasteiger partial charge in [0.15, 0.2) is 0 Å². The molecule has 0 aliphatic carbocycles. The molecule has 1 aromatic carbocycles. The second-order valence-electron chi connectivity index (χ2n) is 5.12. The first-order chi connectivity index (χ1) is 11.3. The quantitative estimate of drug-likeness (QED) is 0.815. The van der Waals surface area contributed by atoms with Gasteiger partial charge in [-0.1, -0.05) is 13.0 Å². The number of hydrogen-bond donors (Lipinski definition) is 1. The van der Waals surface area contributed by atoms with Gasteiger partial charge in [0.25, 0.3) is 0 Å². The number of anilines is 1. The Balaban J connectivity index is 2.03. The molecule has 2 aromatic rings. The van der Waals surface area contributed by atoms with Crippen molar-refractivity contribution in [2.24, 2.45) is 0 Å². The molecular weight excluding hydrogens is 351 g/mol. The summed E-state index contributed by atoms with van der Waals surface area (Å²) in [7, 11) is -3.60. The van der Waals surface area contributed by atoms with E-state index in [9.17, 15) is 17.6 Å². The van der Waals surface area contributed by atoms with Crippen LogP contribution in [0.15, 0.2) is 40.6 Å². The zero-order chi connectivity index (χ0) is 17.7. The second kappa shape index (κ2) is 7.87. The number of nitrogens with zero attached hydrogens (tertiary/aromatic N) is 1. The maximum absolute atomic E-state index is 13.3. The normalized spacial score (nSPS) is 11.5. The fourth-order valence-corrected chi connectivity index (χ4v) is 4.53. The summed E-state index contributed by atoms with van der Waals surface area (Å²) in [5.41, 5.74) is 0.395. The van der Waals surface area contributed by atoms with Gasteiger partial charge in [-0.3, -0.25) is 4.79 Å². The Kier molecular flexibility index (Phi) is 6.09. The van der Waals surface area contributed by atoms with E-state index in [1.807, 2.05) is 6.92 Å². The molecule has 0 aliphatic rings. The summed E-state index contributed by atoms with van der Waals surface area (Å²) < 4.78 is 40.5. The van der Waals surface area contributed by atoms with Gasteiger partial charge in [-0.25, -0.2) is 17.5 Å². The van der Waals surface area contributed by atoms with Crippen molar-refractivity contribution in [1.29, 1.82) is 0 Å². The van der Waals surface area contributed by atoms with E-state index in [-0.39, 0.29) is 23.2 Å². The maximum atomic E-state index is 13.3. The van der Waals surface area contributed by atoms with Gasteiger partial charge in [0.05, 0.1) is 0 Å². The molecule has 0 spiro atoms. The number of carbonyl (C=O) groups excluding carboxylic acids is 1. The minimum Gasteiger partial charge on any atom is -0.311 e. The monoisotopic (exact) mass is 370 g/mol. The van der Waals surface area contributed by atoms with Crippen molar-refractivity contribution in [3.05, 3.63) is 47.1 Å². The van der Waals surface area contributed by atoms with Crippen LogP contribution in [0.5, 0.6) is 0 Å². The zero-order valence-corrected chi connectivity index (χ0v) is 15.1. The molecule has 24 heavy (non-hydrogen) atoms. The maximum Gasteiger partial charge on any atom is 0.250 e. The predicted octanol–water partition coefficient (Wildman–Crippen LogP) is 2.78. The Morgan fingerprint density at radius 2 is 2.04 bits per heavy atom. The van der Waals surface area contributed by atoms with Gasteiger partial charge in [0.1, 0.15) is 10.0 Å². The van der Waals surface area contributed by atoms with Crippen LogP contribution in [0, 0.1) is 5.82 Å². The molecular formula is C16H19FN2O3S2. The molecule has 0 fully saturated rings. The van der Waals surface area contributed by atoms with Crippen molar-refractivity contribution >= 4 is 33.0 Å². The SMILES string of the molecule is CCc1ccc(S(=O)(=O)NCCN(C(C)=O)c2cccc(F)c2)s1. The van der Waals surface area contributed by atoms with Crippen LogP contribution >= 0.6 is 11.3 Å².